The Morgan fingerprint density at radius 2 is 1.77 bits per heavy atom. The van der Waals surface area contributed by atoms with Crippen molar-refractivity contribution in [1.29, 1.82) is 0 Å². The van der Waals surface area contributed by atoms with Gasteiger partial charge in [0.1, 0.15) is 12.2 Å². The zero-order valence-electron chi connectivity index (χ0n) is 22.3. The molecule has 2 amide bonds. The van der Waals surface area contributed by atoms with Gasteiger partial charge < -0.3 is 10.6 Å². The van der Waals surface area contributed by atoms with Gasteiger partial charge in [-0.05, 0) is 70.0 Å². The van der Waals surface area contributed by atoms with E-state index in [1.165, 1.54) is 16.9 Å². The molecule has 0 fully saturated rings. The summed E-state index contributed by atoms with van der Waals surface area (Å²) in [5.74, 6) is -0.903. The Balaban J connectivity index is 1.74. The molecule has 4 rings (SSSR count). The molecule has 0 spiro atoms. The fourth-order valence-electron chi connectivity index (χ4n) is 3.91. The van der Waals surface area contributed by atoms with E-state index < -0.39 is 23.3 Å². The Hall–Kier alpha value is -4.26. The van der Waals surface area contributed by atoms with Gasteiger partial charge in [0.25, 0.3) is 11.8 Å². The number of pyridine rings is 1. The summed E-state index contributed by atoms with van der Waals surface area (Å²) in [6.45, 7) is 8.86. The van der Waals surface area contributed by atoms with Crippen LogP contribution in [0, 0.1) is 13.8 Å². The summed E-state index contributed by atoms with van der Waals surface area (Å²) >= 11 is 6.33. The van der Waals surface area contributed by atoms with Gasteiger partial charge in [-0.1, -0.05) is 17.7 Å². The highest BCUT2D eigenvalue weighted by Crippen LogP contribution is 2.28. The second-order valence-electron chi connectivity index (χ2n) is 10.2. The number of nitrogens with zero attached hydrogens (tertiary/aromatic N) is 6. The number of rotatable bonds is 6. The van der Waals surface area contributed by atoms with Crippen LogP contribution in [0.3, 0.4) is 0 Å². The molecule has 4 aromatic rings. The predicted molar refractivity (Wildman–Crippen MR) is 142 cm³/mol. The van der Waals surface area contributed by atoms with Crippen molar-refractivity contribution in [2.75, 3.05) is 5.32 Å². The first kappa shape index (κ1) is 28.7. The van der Waals surface area contributed by atoms with Gasteiger partial charge in [-0.25, -0.2) is 9.67 Å². The molecule has 40 heavy (non-hydrogen) atoms. The molecule has 0 unspecified atom stereocenters. The van der Waals surface area contributed by atoms with Gasteiger partial charge in [-0.15, -0.1) is 5.10 Å². The molecule has 0 saturated heterocycles. The topological polar surface area (TPSA) is 120 Å². The first-order valence-corrected chi connectivity index (χ1v) is 12.4. The Bertz CT molecular complexity index is 1590. The van der Waals surface area contributed by atoms with Crippen LogP contribution in [0.25, 0.3) is 5.82 Å². The smallest absolute Gasteiger partial charge is 0.347 e. The quantitative estimate of drug-likeness (QED) is 0.335. The average molecular weight is 575 g/mol. The van der Waals surface area contributed by atoms with Gasteiger partial charge in [0.15, 0.2) is 11.5 Å². The minimum Gasteiger partial charge on any atom is -0.347 e. The van der Waals surface area contributed by atoms with Crippen molar-refractivity contribution in [2.24, 2.45) is 0 Å². The van der Waals surface area contributed by atoms with Crippen LogP contribution in [0.5, 0.6) is 0 Å². The third-order valence-corrected chi connectivity index (χ3v) is 5.81. The monoisotopic (exact) mass is 574 g/mol. The maximum absolute atomic E-state index is 13.7. The van der Waals surface area contributed by atoms with Crippen molar-refractivity contribution < 1.29 is 22.8 Å². The minimum absolute atomic E-state index is 0.0269. The molecular formula is C26H26ClF3N8O2. The molecule has 3 aromatic heterocycles. The molecule has 1 aromatic carbocycles. The Morgan fingerprint density at radius 3 is 2.40 bits per heavy atom. The van der Waals surface area contributed by atoms with Crippen molar-refractivity contribution in [3.8, 4) is 5.82 Å². The van der Waals surface area contributed by atoms with E-state index in [-0.39, 0.29) is 40.2 Å². The number of amides is 2. The van der Waals surface area contributed by atoms with Crippen LogP contribution < -0.4 is 10.6 Å². The van der Waals surface area contributed by atoms with E-state index in [9.17, 15) is 22.8 Å². The van der Waals surface area contributed by atoms with E-state index in [0.717, 1.165) is 10.4 Å². The molecule has 0 radical (unpaired) electrons. The summed E-state index contributed by atoms with van der Waals surface area (Å²) in [4.78, 5) is 31.8. The van der Waals surface area contributed by atoms with E-state index in [2.05, 4.69) is 30.9 Å². The first-order valence-electron chi connectivity index (χ1n) is 12.0. The van der Waals surface area contributed by atoms with Crippen LogP contribution >= 0.6 is 11.6 Å². The predicted octanol–water partition coefficient (Wildman–Crippen LogP) is 4.98. The number of hydrogen-bond donors (Lipinski definition) is 2. The summed E-state index contributed by atoms with van der Waals surface area (Å²) in [6.07, 6.45) is -2.61. The van der Waals surface area contributed by atoms with Crippen LogP contribution in [0.15, 0.2) is 42.7 Å². The van der Waals surface area contributed by atoms with Gasteiger partial charge >= 0.3 is 6.18 Å². The lowest BCUT2D eigenvalue weighted by Crippen LogP contribution is -2.41. The summed E-state index contributed by atoms with van der Waals surface area (Å²) in [6, 6.07) is 8.01. The zero-order chi connectivity index (χ0) is 29.4. The minimum atomic E-state index is -4.66. The average Bonchev–Trinajstić information content (AvgIpc) is 3.47. The SMILES string of the molecule is Cc1cc(C)c(NC(=O)c2cc(Cn3ncc(C(F)(F)F)n3)nn2-c2ncccc2Cl)c(C(=O)NC(C)(C)C)c1. The molecule has 0 aliphatic heterocycles. The highest BCUT2D eigenvalue weighted by Gasteiger charge is 2.34. The number of aromatic nitrogens is 6. The fraction of sp³-hybridized carbons (Fsp3) is 0.308. The molecule has 3 heterocycles. The molecule has 10 nitrogen and oxygen atoms in total. The maximum Gasteiger partial charge on any atom is 0.436 e. The Morgan fingerprint density at radius 1 is 1.05 bits per heavy atom. The van der Waals surface area contributed by atoms with Gasteiger partial charge in [0.05, 0.1) is 28.2 Å². The summed E-state index contributed by atoms with van der Waals surface area (Å²) in [7, 11) is 0. The second kappa shape index (κ2) is 10.7. The second-order valence-corrected chi connectivity index (χ2v) is 10.6. The largest absolute Gasteiger partial charge is 0.436 e. The number of hydrogen-bond acceptors (Lipinski definition) is 6. The lowest BCUT2D eigenvalue weighted by Gasteiger charge is -2.22. The van der Waals surface area contributed by atoms with Crippen molar-refractivity contribution in [1.82, 2.24) is 35.1 Å². The molecule has 14 heteroatoms. The molecule has 0 bridgehead atoms. The third-order valence-electron chi connectivity index (χ3n) is 5.51. The number of nitrogens with one attached hydrogen (secondary N) is 2. The Labute approximate surface area is 232 Å². The molecule has 0 aliphatic carbocycles. The number of alkyl halides is 3. The third kappa shape index (κ3) is 6.47. The number of aryl methyl sites for hydroxylation is 2. The normalized spacial score (nSPS) is 11.9. The lowest BCUT2D eigenvalue weighted by molar-refractivity contribution is -0.141. The molecule has 2 N–H and O–H groups in total. The van der Waals surface area contributed by atoms with Crippen LogP contribution in [0.4, 0.5) is 18.9 Å². The van der Waals surface area contributed by atoms with E-state index in [0.29, 0.717) is 17.4 Å². The summed E-state index contributed by atoms with van der Waals surface area (Å²) in [5.41, 5.74) is 0.496. The van der Waals surface area contributed by atoms with Gasteiger partial charge in [0, 0.05) is 11.7 Å². The van der Waals surface area contributed by atoms with Crippen molar-refractivity contribution in [2.45, 2.75) is 52.9 Å². The lowest BCUT2D eigenvalue weighted by atomic mass is 10.0. The number of anilines is 1. The Kier molecular flexibility index (Phi) is 7.70. The van der Waals surface area contributed by atoms with Crippen molar-refractivity contribution in [3.63, 3.8) is 0 Å². The van der Waals surface area contributed by atoms with Crippen molar-refractivity contribution >= 4 is 29.1 Å². The van der Waals surface area contributed by atoms with E-state index in [1.807, 2.05) is 33.8 Å². The van der Waals surface area contributed by atoms with Gasteiger partial charge in [-0.2, -0.15) is 28.2 Å². The zero-order valence-corrected chi connectivity index (χ0v) is 23.0. The fourth-order valence-corrected chi connectivity index (χ4v) is 4.11. The molecule has 0 saturated carbocycles. The highest BCUT2D eigenvalue weighted by atomic mass is 35.5. The number of carbonyl (C=O) groups excluding carboxylic acids is 2. The van der Waals surface area contributed by atoms with Crippen LogP contribution in [-0.4, -0.2) is 47.1 Å². The summed E-state index contributed by atoms with van der Waals surface area (Å²) < 4.78 is 40.1. The number of benzene rings is 1. The van der Waals surface area contributed by atoms with E-state index >= 15 is 0 Å². The number of halogens is 4. The van der Waals surface area contributed by atoms with Crippen LogP contribution in [-0.2, 0) is 12.7 Å². The van der Waals surface area contributed by atoms with Crippen molar-refractivity contribution in [3.05, 3.63) is 81.5 Å². The summed E-state index contributed by atoms with van der Waals surface area (Å²) in [5, 5.41) is 17.3. The molecule has 0 atom stereocenters. The van der Waals surface area contributed by atoms with E-state index in [4.69, 9.17) is 11.6 Å². The highest BCUT2D eigenvalue weighted by molar-refractivity contribution is 6.32. The van der Waals surface area contributed by atoms with Crippen LogP contribution in [0.2, 0.25) is 5.02 Å². The maximum atomic E-state index is 13.7. The molecular weight excluding hydrogens is 549 g/mol. The first-order chi connectivity index (χ1) is 18.6. The standard InChI is InChI=1S/C26H26ClF3N8O2/c1-14-9-15(2)21(17(10-14)23(39)34-25(3,4)5)33-24(40)19-11-16(13-37-32-12-20(36-37)26(28,29)30)35-38(19)22-18(27)7-6-8-31-22/h6-12H,13H2,1-5H3,(H,33,40)(H,34,39). The van der Waals surface area contributed by atoms with Gasteiger partial charge in [0.2, 0.25) is 0 Å². The molecule has 0 aliphatic rings. The van der Waals surface area contributed by atoms with E-state index in [1.54, 1.807) is 25.1 Å². The van der Waals surface area contributed by atoms with Gasteiger partial charge in [-0.3, -0.25) is 9.59 Å². The molecule has 210 valence electrons. The number of carbonyl (C=O) groups is 2. The van der Waals surface area contributed by atoms with Crippen LogP contribution in [0.1, 0.15) is 64.1 Å².